The van der Waals surface area contributed by atoms with Gasteiger partial charge < -0.3 is 5.11 Å². The Morgan fingerprint density at radius 2 is 1.80 bits per heavy atom. The van der Waals surface area contributed by atoms with Crippen LogP contribution in [0.2, 0.25) is 0 Å². The van der Waals surface area contributed by atoms with E-state index >= 15 is 0 Å². The first-order chi connectivity index (χ1) is 7.24. The van der Waals surface area contributed by atoms with Crippen LogP contribution in [-0.2, 0) is 4.79 Å². The van der Waals surface area contributed by atoms with E-state index in [0.717, 1.165) is 17.6 Å². The smallest absolute Gasteiger partial charge is 0.156 e. The lowest BCUT2D eigenvalue weighted by Crippen LogP contribution is -1.98. The zero-order valence-electron chi connectivity index (χ0n) is 8.31. The average molecular weight is 200 g/mol. The van der Waals surface area contributed by atoms with Gasteiger partial charge in [0.25, 0.3) is 0 Å². The lowest BCUT2D eigenvalue weighted by Gasteiger charge is -2.06. The largest absolute Gasteiger partial charge is 0.508 e. The Morgan fingerprint density at radius 3 is 2.40 bits per heavy atom. The van der Waals surface area contributed by atoms with Crippen molar-refractivity contribution in [1.29, 1.82) is 0 Å². The van der Waals surface area contributed by atoms with Crippen molar-refractivity contribution < 1.29 is 9.90 Å². The van der Waals surface area contributed by atoms with Crippen LogP contribution in [0.5, 0.6) is 5.75 Å². The van der Waals surface area contributed by atoms with Gasteiger partial charge in [-0.05, 0) is 35.8 Å². The molecule has 0 atom stereocenters. The number of ketones is 1. The summed E-state index contributed by atoms with van der Waals surface area (Å²) in [4.78, 5) is 11.0. The Balaban J connectivity index is 2.20. The zero-order valence-corrected chi connectivity index (χ0v) is 8.31. The monoisotopic (exact) mass is 200 g/mol. The SMILES string of the molecule is O=C1C=CC(=Cc2ccc(O)cc2)CC1. The summed E-state index contributed by atoms with van der Waals surface area (Å²) in [5, 5.41) is 9.12. The third kappa shape index (κ3) is 2.56. The molecule has 2 nitrogen and oxygen atoms in total. The molecule has 15 heavy (non-hydrogen) atoms. The highest BCUT2D eigenvalue weighted by Crippen LogP contribution is 2.18. The molecule has 76 valence electrons. The van der Waals surface area contributed by atoms with Crippen LogP contribution in [0.1, 0.15) is 18.4 Å². The fourth-order valence-electron chi connectivity index (χ4n) is 1.54. The van der Waals surface area contributed by atoms with E-state index < -0.39 is 0 Å². The minimum absolute atomic E-state index is 0.192. The molecule has 0 amide bonds. The lowest BCUT2D eigenvalue weighted by molar-refractivity contribution is -0.114. The molecular weight excluding hydrogens is 188 g/mol. The number of carbonyl (C=O) groups excluding carboxylic acids is 1. The standard InChI is InChI=1S/C13H12O2/c14-12-5-1-10(2-6-12)9-11-3-7-13(15)8-4-11/h1-3,5-7,9,14H,4,8H2. The van der Waals surface area contributed by atoms with Crippen molar-refractivity contribution in [3.8, 4) is 5.75 Å². The highest BCUT2D eigenvalue weighted by molar-refractivity contribution is 5.92. The highest BCUT2D eigenvalue weighted by Gasteiger charge is 2.05. The summed E-state index contributed by atoms with van der Waals surface area (Å²) in [5.74, 6) is 0.462. The van der Waals surface area contributed by atoms with Gasteiger partial charge >= 0.3 is 0 Å². The van der Waals surface area contributed by atoms with E-state index in [9.17, 15) is 4.79 Å². The molecule has 1 aromatic carbocycles. The van der Waals surface area contributed by atoms with Crippen LogP contribution < -0.4 is 0 Å². The molecule has 2 rings (SSSR count). The van der Waals surface area contributed by atoms with Crippen LogP contribution in [0.3, 0.4) is 0 Å². The van der Waals surface area contributed by atoms with Gasteiger partial charge in [0.2, 0.25) is 0 Å². The Kier molecular flexibility index (Phi) is 2.68. The maximum Gasteiger partial charge on any atom is 0.156 e. The molecule has 0 fully saturated rings. The van der Waals surface area contributed by atoms with Crippen LogP contribution in [-0.4, -0.2) is 10.9 Å². The normalized spacial score (nSPS) is 18.4. The molecule has 1 N–H and O–H groups in total. The Labute approximate surface area is 88.6 Å². The van der Waals surface area contributed by atoms with Gasteiger partial charge in [-0.1, -0.05) is 24.3 Å². The number of allylic oxidation sites excluding steroid dienone is 3. The predicted octanol–water partition coefficient (Wildman–Crippen LogP) is 2.69. The van der Waals surface area contributed by atoms with Crippen molar-refractivity contribution >= 4 is 11.9 Å². The summed E-state index contributed by atoms with van der Waals surface area (Å²) in [6.45, 7) is 0. The molecule has 0 radical (unpaired) electrons. The number of carbonyl (C=O) groups is 1. The van der Waals surface area contributed by atoms with Gasteiger partial charge in [-0.2, -0.15) is 0 Å². The topological polar surface area (TPSA) is 37.3 Å². The van der Waals surface area contributed by atoms with Crippen molar-refractivity contribution in [3.63, 3.8) is 0 Å². The number of aromatic hydroxyl groups is 1. The van der Waals surface area contributed by atoms with Gasteiger partial charge in [0.1, 0.15) is 5.75 Å². The molecule has 0 heterocycles. The zero-order chi connectivity index (χ0) is 10.7. The van der Waals surface area contributed by atoms with Crippen molar-refractivity contribution in [2.24, 2.45) is 0 Å². The number of benzene rings is 1. The van der Waals surface area contributed by atoms with Crippen molar-refractivity contribution in [2.75, 3.05) is 0 Å². The molecule has 0 unspecified atom stereocenters. The van der Waals surface area contributed by atoms with Crippen LogP contribution in [0.15, 0.2) is 42.0 Å². The van der Waals surface area contributed by atoms with Crippen molar-refractivity contribution in [2.45, 2.75) is 12.8 Å². The Bertz CT molecular complexity index is 424. The van der Waals surface area contributed by atoms with Crippen molar-refractivity contribution in [3.05, 3.63) is 47.6 Å². The van der Waals surface area contributed by atoms with E-state index in [-0.39, 0.29) is 11.5 Å². The molecule has 2 heteroatoms. The summed E-state index contributed by atoms with van der Waals surface area (Å²) in [6.07, 6.45) is 6.91. The molecule has 1 aliphatic rings. The van der Waals surface area contributed by atoms with Gasteiger partial charge in [0.15, 0.2) is 5.78 Å². The van der Waals surface area contributed by atoms with Crippen LogP contribution in [0.25, 0.3) is 6.08 Å². The van der Waals surface area contributed by atoms with Crippen LogP contribution in [0, 0.1) is 0 Å². The third-order valence-electron chi connectivity index (χ3n) is 2.39. The van der Waals surface area contributed by atoms with Gasteiger partial charge in [0.05, 0.1) is 0 Å². The molecule has 1 aliphatic carbocycles. The van der Waals surface area contributed by atoms with Gasteiger partial charge in [-0.3, -0.25) is 4.79 Å². The van der Waals surface area contributed by atoms with E-state index in [1.807, 2.05) is 24.3 Å². The molecular formula is C13H12O2. The second-order valence-electron chi connectivity index (χ2n) is 3.61. The van der Waals surface area contributed by atoms with Crippen LogP contribution in [0.4, 0.5) is 0 Å². The molecule has 0 bridgehead atoms. The quantitative estimate of drug-likeness (QED) is 0.756. The van der Waals surface area contributed by atoms with Gasteiger partial charge in [0, 0.05) is 6.42 Å². The predicted molar refractivity (Wildman–Crippen MR) is 59.5 cm³/mol. The summed E-state index contributed by atoms with van der Waals surface area (Å²) >= 11 is 0. The summed E-state index contributed by atoms with van der Waals surface area (Å²) in [7, 11) is 0. The Morgan fingerprint density at radius 1 is 1.07 bits per heavy atom. The molecule has 0 saturated carbocycles. The lowest BCUT2D eigenvalue weighted by atomic mass is 9.99. The third-order valence-corrected chi connectivity index (χ3v) is 2.39. The summed E-state index contributed by atoms with van der Waals surface area (Å²) in [5.41, 5.74) is 2.20. The Hall–Kier alpha value is -1.83. The molecule has 0 saturated heterocycles. The van der Waals surface area contributed by atoms with E-state index in [4.69, 9.17) is 5.11 Å². The van der Waals surface area contributed by atoms with E-state index in [2.05, 4.69) is 0 Å². The average Bonchev–Trinajstić information content (AvgIpc) is 2.25. The fourth-order valence-corrected chi connectivity index (χ4v) is 1.54. The second kappa shape index (κ2) is 4.13. The fraction of sp³-hybridized carbons (Fsp3) is 0.154. The first kappa shape index (κ1) is 9.71. The highest BCUT2D eigenvalue weighted by atomic mass is 16.3. The summed E-state index contributed by atoms with van der Waals surface area (Å²) in [6, 6.07) is 7.02. The van der Waals surface area contributed by atoms with E-state index in [1.54, 1.807) is 18.2 Å². The number of phenols is 1. The summed E-state index contributed by atoms with van der Waals surface area (Å²) < 4.78 is 0. The molecule has 0 aliphatic heterocycles. The number of phenolic OH excluding ortho intramolecular Hbond substituents is 1. The number of hydrogen-bond donors (Lipinski definition) is 1. The van der Waals surface area contributed by atoms with Crippen LogP contribution >= 0.6 is 0 Å². The molecule has 0 spiro atoms. The van der Waals surface area contributed by atoms with Gasteiger partial charge in [-0.25, -0.2) is 0 Å². The second-order valence-corrected chi connectivity index (χ2v) is 3.61. The number of rotatable bonds is 1. The molecule has 0 aromatic heterocycles. The first-order valence-corrected chi connectivity index (χ1v) is 4.94. The molecule has 1 aromatic rings. The van der Waals surface area contributed by atoms with Crippen molar-refractivity contribution in [1.82, 2.24) is 0 Å². The maximum absolute atomic E-state index is 11.0. The first-order valence-electron chi connectivity index (χ1n) is 4.94. The minimum atomic E-state index is 0.192. The van der Waals surface area contributed by atoms with Gasteiger partial charge in [-0.15, -0.1) is 0 Å². The number of hydrogen-bond acceptors (Lipinski definition) is 2. The van der Waals surface area contributed by atoms with E-state index in [0.29, 0.717) is 6.42 Å². The maximum atomic E-state index is 11.0. The minimum Gasteiger partial charge on any atom is -0.508 e. The van der Waals surface area contributed by atoms with E-state index in [1.165, 1.54) is 0 Å².